The maximum Gasteiger partial charge on any atom is 0.441 e. The zero-order chi connectivity index (χ0) is 13.2. The smallest absolute Gasteiger partial charge is 0.347 e. The van der Waals surface area contributed by atoms with E-state index in [9.17, 15) is 13.2 Å². The molecule has 0 bridgehead atoms. The van der Waals surface area contributed by atoms with Crippen LogP contribution in [0, 0.1) is 0 Å². The average Bonchev–Trinajstić information content (AvgIpc) is 2.70. The Morgan fingerprint density at radius 3 is 2.67 bits per heavy atom. The van der Waals surface area contributed by atoms with Gasteiger partial charge in [0.15, 0.2) is 0 Å². The van der Waals surface area contributed by atoms with Gasteiger partial charge in [0.1, 0.15) is 0 Å². The lowest BCUT2D eigenvalue weighted by atomic mass is 10.1. The molecule has 6 heteroatoms. The average molecular weight is 274 g/mol. The number of alkyl halides is 3. The van der Waals surface area contributed by atoms with Crippen LogP contribution < -0.4 is 5.73 Å². The van der Waals surface area contributed by atoms with E-state index in [0.29, 0.717) is 13.1 Å². The molecule has 0 aliphatic heterocycles. The third kappa shape index (κ3) is 3.20. The minimum Gasteiger partial charge on any atom is -0.347 e. The summed E-state index contributed by atoms with van der Waals surface area (Å²) in [5.74, 6) is 0.0198. The van der Waals surface area contributed by atoms with E-state index in [1.807, 2.05) is 35.0 Å². The molecule has 0 fully saturated rings. The van der Waals surface area contributed by atoms with E-state index in [1.165, 1.54) is 0 Å². The molecule has 1 aromatic heterocycles. The topological polar surface area (TPSA) is 30.9 Å². The monoisotopic (exact) mass is 274 g/mol. The Bertz CT molecular complexity index is 534. The van der Waals surface area contributed by atoms with Gasteiger partial charge in [-0.05, 0) is 40.9 Å². The zero-order valence-corrected chi connectivity index (χ0v) is 10.4. The Morgan fingerprint density at radius 2 is 2.00 bits per heavy atom. The van der Waals surface area contributed by atoms with Crippen LogP contribution >= 0.6 is 11.8 Å². The normalized spacial score (nSPS) is 12.2. The molecular formula is C12H13F3N2S. The highest BCUT2D eigenvalue weighted by Crippen LogP contribution is 2.30. The van der Waals surface area contributed by atoms with Crippen LogP contribution in [0.25, 0.3) is 10.9 Å². The molecule has 2 rings (SSSR count). The fraction of sp³-hybridized carbons (Fsp3) is 0.333. The number of rotatable bonds is 4. The number of aromatic nitrogens is 1. The van der Waals surface area contributed by atoms with Crippen molar-refractivity contribution in [1.29, 1.82) is 0 Å². The fourth-order valence-electron chi connectivity index (χ4n) is 1.83. The molecule has 0 unspecified atom stereocenters. The molecule has 2 aromatic rings. The van der Waals surface area contributed by atoms with Crippen molar-refractivity contribution in [3.63, 3.8) is 0 Å². The van der Waals surface area contributed by atoms with Gasteiger partial charge in [0.2, 0.25) is 0 Å². The number of fused-ring (bicyclic) bond motifs is 1. The first-order valence-corrected chi connectivity index (χ1v) is 6.47. The Kier molecular flexibility index (Phi) is 3.87. The molecule has 98 valence electrons. The molecule has 1 aromatic carbocycles. The van der Waals surface area contributed by atoms with E-state index in [1.54, 1.807) is 0 Å². The second-order valence-corrected chi connectivity index (χ2v) is 5.06. The number of thioether (sulfide) groups is 1. The molecule has 0 aliphatic rings. The van der Waals surface area contributed by atoms with Gasteiger partial charge in [-0.15, -0.1) is 0 Å². The lowest BCUT2D eigenvalue weighted by Crippen LogP contribution is -2.06. The second-order valence-electron chi connectivity index (χ2n) is 3.90. The van der Waals surface area contributed by atoms with Gasteiger partial charge in [0, 0.05) is 30.6 Å². The summed E-state index contributed by atoms with van der Waals surface area (Å²) < 4.78 is 37.9. The first kappa shape index (κ1) is 13.3. The summed E-state index contributed by atoms with van der Waals surface area (Å²) in [6.07, 6.45) is 1.81. The quantitative estimate of drug-likeness (QED) is 0.927. The third-order valence-corrected chi connectivity index (χ3v) is 3.38. The third-order valence-electron chi connectivity index (χ3n) is 2.67. The molecule has 0 atom stereocenters. The van der Waals surface area contributed by atoms with Gasteiger partial charge in [0.25, 0.3) is 0 Å². The van der Waals surface area contributed by atoms with Crippen molar-refractivity contribution in [3.8, 4) is 0 Å². The first-order chi connectivity index (χ1) is 8.49. The van der Waals surface area contributed by atoms with Crippen LogP contribution in [0.2, 0.25) is 0 Å². The summed E-state index contributed by atoms with van der Waals surface area (Å²) in [5, 5.41) is 1.01. The molecule has 18 heavy (non-hydrogen) atoms. The molecular weight excluding hydrogens is 261 g/mol. The Hall–Kier alpha value is -1.14. The molecule has 0 saturated carbocycles. The van der Waals surface area contributed by atoms with Gasteiger partial charge in [-0.25, -0.2) is 0 Å². The fourth-order valence-corrected chi connectivity index (χ4v) is 2.35. The number of nitrogens with zero attached hydrogens (tertiary/aromatic N) is 1. The van der Waals surface area contributed by atoms with E-state index in [4.69, 9.17) is 5.73 Å². The molecule has 0 amide bonds. The van der Waals surface area contributed by atoms with Gasteiger partial charge in [-0.3, -0.25) is 0 Å². The lowest BCUT2D eigenvalue weighted by Gasteiger charge is -2.08. The Morgan fingerprint density at radius 1 is 1.22 bits per heavy atom. The number of aryl methyl sites for hydroxylation is 1. The van der Waals surface area contributed by atoms with Crippen LogP contribution in [0.5, 0.6) is 0 Å². The number of nitrogens with two attached hydrogens (primary N) is 1. The predicted octanol–water partition coefficient (Wildman–Crippen LogP) is 3.35. The van der Waals surface area contributed by atoms with Gasteiger partial charge in [0.05, 0.1) is 0 Å². The minimum atomic E-state index is -4.16. The van der Waals surface area contributed by atoms with Gasteiger partial charge >= 0.3 is 5.51 Å². The molecule has 0 spiro atoms. The van der Waals surface area contributed by atoms with Crippen LogP contribution in [-0.4, -0.2) is 15.8 Å². The van der Waals surface area contributed by atoms with Gasteiger partial charge < -0.3 is 10.3 Å². The van der Waals surface area contributed by atoms with E-state index in [-0.39, 0.29) is 17.5 Å². The number of hydrogen-bond acceptors (Lipinski definition) is 2. The summed E-state index contributed by atoms with van der Waals surface area (Å²) in [7, 11) is 0. The second kappa shape index (κ2) is 5.24. The maximum atomic E-state index is 12.0. The summed E-state index contributed by atoms with van der Waals surface area (Å²) in [4.78, 5) is 0. The van der Waals surface area contributed by atoms with E-state index < -0.39 is 5.51 Å². The number of hydrogen-bond donors (Lipinski definition) is 1. The van der Waals surface area contributed by atoms with Crippen LogP contribution in [-0.2, 0) is 13.1 Å². The van der Waals surface area contributed by atoms with Crippen molar-refractivity contribution >= 4 is 22.7 Å². The van der Waals surface area contributed by atoms with Crippen LogP contribution in [0.15, 0.2) is 30.5 Å². The number of halogens is 3. The largest absolute Gasteiger partial charge is 0.441 e. The molecule has 2 nitrogen and oxygen atoms in total. The lowest BCUT2D eigenvalue weighted by molar-refractivity contribution is -0.0328. The van der Waals surface area contributed by atoms with Gasteiger partial charge in [-0.1, -0.05) is 6.07 Å². The van der Waals surface area contributed by atoms with Crippen LogP contribution in [0.1, 0.15) is 5.56 Å². The van der Waals surface area contributed by atoms with Crippen molar-refractivity contribution in [2.24, 2.45) is 5.73 Å². The van der Waals surface area contributed by atoms with Crippen molar-refractivity contribution in [1.82, 2.24) is 4.57 Å². The zero-order valence-electron chi connectivity index (χ0n) is 9.57. The first-order valence-electron chi connectivity index (χ1n) is 5.48. The van der Waals surface area contributed by atoms with Crippen LogP contribution in [0.3, 0.4) is 0 Å². The molecule has 1 heterocycles. The predicted molar refractivity (Wildman–Crippen MR) is 68.3 cm³/mol. The summed E-state index contributed by atoms with van der Waals surface area (Å²) in [5.41, 5.74) is 3.34. The summed E-state index contributed by atoms with van der Waals surface area (Å²) in [6, 6.07) is 7.65. The van der Waals surface area contributed by atoms with Gasteiger partial charge in [-0.2, -0.15) is 13.2 Å². The minimum absolute atomic E-state index is 0.00719. The van der Waals surface area contributed by atoms with Crippen molar-refractivity contribution in [2.45, 2.75) is 18.6 Å². The Labute approximate surface area is 107 Å². The van der Waals surface area contributed by atoms with E-state index >= 15 is 0 Å². The standard InChI is InChI=1S/C12H13F3N2S/c13-12(14,15)18-6-5-17-4-3-10-7-9(8-16)1-2-11(10)17/h1-4,7H,5-6,8,16H2. The Balaban J connectivity index is 2.10. The van der Waals surface area contributed by atoms with E-state index in [2.05, 4.69) is 0 Å². The summed E-state index contributed by atoms with van der Waals surface area (Å²) >= 11 is 0.00719. The highest BCUT2D eigenvalue weighted by atomic mass is 32.2. The highest BCUT2D eigenvalue weighted by Gasteiger charge is 2.27. The highest BCUT2D eigenvalue weighted by molar-refractivity contribution is 8.00. The van der Waals surface area contributed by atoms with Crippen molar-refractivity contribution < 1.29 is 13.2 Å². The van der Waals surface area contributed by atoms with Crippen molar-refractivity contribution in [2.75, 3.05) is 5.75 Å². The SMILES string of the molecule is NCc1ccc2c(ccn2CCSC(F)(F)F)c1. The molecule has 0 radical (unpaired) electrons. The summed E-state index contributed by atoms with van der Waals surface area (Å²) in [6.45, 7) is 0.806. The van der Waals surface area contributed by atoms with E-state index in [0.717, 1.165) is 16.5 Å². The molecule has 0 aliphatic carbocycles. The maximum absolute atomic E-state index is 12.0. The van der Waals surface area contributed by atoms with Crippen molar-refractivity contribution in [3.05, 3.63) is 36.0 Å². The molecule has 2 N–H and O–H groups in total. The number of benzene rings is 1. The molecule has 0 saturated heterocycles. The van der Waals surface area contributed by atoms with Crippen LogP contribution in [0.4, 0.5) is 13.2 Å².